The van der Waals surface area contributed by atoms with Gasteiger partial charge in [-0.15, -0.1) is 0 Å². The first kappa shape index (κ1) is 18.5. The van der Waals surface area contributed by atoms with Crippen LogP contribution in [0.1, 0.15) is 37.8 Å². The first-order valence-corrected chi connectivity index (χ1v) is 9.22. The van der Waals surface area contributed by atoms with Crippen LogP contribution in [-0.2, 0) is 16.0 Å². The Balaban J connectivity index is 1.80. The Morgan fingerprint density at radius 3 is 2.42 bits per heavy atom. The van der Waals surface area contributed by atoms with Crippen molar-refractivity contribution in [3.05, 3.63) is 58.6 Å². The highest BCUT2D eigenvalue weighted by atomic mass is 35.5. The van der Waals surface area contributed by atoms with Crippen molar-refractivity contribution >= 4 is 34.8 Å². The van der Waals surface area contributed by atoms with E-state index in [9.17, 15) is 9.59 Å². The molecule has 4 nitrogen and oxygen atoms in total. The summed E-state index contributed by atoms with van der Waals surface area (Å²) in [6, 6.07) is 13.2. The third-order valence-corrected chi connectivity index (χ3v) is 5.05. The fourth-order valence-electron chi connectivity index (χ4n) is 3.54. The Hall–Kier alpha value is -2.33. The number of rotatable bonds is 4. The fraction of sp³-hybridized carbons (Fsp3) is 0.333. The molecule has 0 aromatic heterocycles. The Morgan fingerprint density at radius 1 is 1.12 bits per heavy atom. The van der Waals surface area contributed by atoms with Crippen molar-refractivity contribution in [1.29, 1.82) is 0 Å². The molecule has 1 N–H and O–H groups in total. The second kappa shape index (κ2) is 7.50. The van der Waals surface area contributed by atoms with Crippen molar-refractivity contribution in [2.75, 3.05) is 16.8 Å². The third-order valence-electron chi connectivity index (χ3n) is 4.80. The molecule has 5 heteroatoms. The normalized spacial score (nSPS) is 14.3. The van der Waals surface area contributed by atoms with Crippen LogP contribution in [0.3, 0.4) is 0 Å². The summed E-state index contributed by atoms with van der Waals surface area (Å²) < 4.78 is 0. The molecule has 1 unspecified atom stereocenters. The molecule has 0 bridgehead atoms. The van der Waals surface area contributed by atoms with Crippen molar-refractivity contribution in [2.24, 2.45) is 5.92 Å². The van der Waals surface area contributed by atoms with Crippen LogP contribution in [0.2, 0.25) is 5.02 Å². The summed E-state index contributed by atoms with van der Waals surface area (Å²) in [4.78, 5) is 26.3. The van der Waals surface area contributed by atoms with E-state index in [0.717, 1.165) is 28.9 Å². The van der Waals surface area contributed by atoms with Gasteiger partial charge in [-0.2, -0.15) is 0 Å². The minimum Gasteiger partial charge on any atom is -0.326 e. The topological polar surface area (TPSA) is 49.4 Å². The standard InChI is InChI=1S/C21H23ClN2O2/c1-13(2)20(15-4-6-17(22)7-5-15)21(26)23-18-8-9-19-16(12-18)10-11-24(19)14(3)25/h4-9,12-13,20H,10-11H2,1-3H3,(H,23,26). The van der Waals surface area contributed by atoms with E-state index < -0.39 is 0 Å². The number of anilines is 2. The second-order valence-electron chi connectivity index (χ2n) is 7.03. The predicted molar refractivity (Wildman–Crippen MR) is 106 cm³/mol. The van der Waals surface area contributed by atoms with Gasteiger partial charge in [-0.25, -0.2) is 0 Å². The molecule has 2 aromatic carbocycles. The van der Waals surface area contributed by atoms with Crippen LogP contribution in [0.15, 0.2) is 42.5 Å². The molecule has 0 aliphatic carbocycles. The van der Waals surface area contributed by atoms with Gasteiger partial charge in [-0.1, -0.05) is 37.6 Å². The van der Waals surface area contributed by atoms with E-state index in [-0.39, 0.29) is 23.7 Å². The van der Waals surface area contributed by atoms with Crippen molar-refractivity contribution in [3.63, 3.8) is 0 Å². The summed E-state index contributed by atoms with van der Waals surface area (Å²) in [6.45, 7) is 6.34. The molecule has 136 valence electrons. The molecule has 3 rings (SSSR count). The number of halogens is 1. The number of fused-ring (bicyclic) bond motifs is 1. The van der Waals surface area contributed by atoms with Gasteiger partial charge in [-0.05, 0) is 53.8 Å². The van der Waals surface area contributed by atoms with Gasteiger partial charge in [0.05, 0.1) is 5.92 Å². The first-order valence-electron chi connectivity index (χ1n) is 8.84. The number of hydrogen-bond acceptors (Lipinski definition) is 2. The summed E-state index contributed by atoms with van der Waals surface area (Å²) in [5, 5.41) is 3.69. The number of benzene rings is 2. The Bertz CT molecular complexity index is 830. The number of nitrogens with zero attached hydrogens (tertiary/aromatic N) is 1. The zero-order chi connectivity index (χ0) is 18.8. The quantitative estimate of drug-likeness (QED) is 0.853. The van der Waals surface area contributed by atoms with Crippen LogP contribution < -0.4 is 10.2 Å². The molecule has 2 aromatic rings. The lowest BCUT2D eigenvalue weighted by Crippen LogP contribution is -2.26. The molecule has 0 radical (unpaired) electrons. The van der Waals surface area contributed by atoms with Crippen LogP contribution in [0.4, 0.5) is 11.4 Å². The molecule has 1 aliphatic heterocycles. The van der Waals surface area contributed by atoms with Crippen molar-refractivity contribution in [3.8, 4) is 0 Å². The maximum atomic E-state index is 12.9. The van der Waals surface area contributed by atoms with Gasteiger partial charge in [0.1, 0.15) is 0 Å². The predicted octanol–water partition coefficient (Wildman–Crippen LogP) is 4.63. The van der Waals surface area contributed by atoms with Gasteiger partial charge in [0, 0.05) is 29.9 Å². The van der Waals surface area contributed by atoms with Gasteiger partial charge in [0.25, 0.3) is 0 Å². The van der Waals surface area contributed by atoms with Crippen molar-refractivity contribution in [2.45, 2.75) is 33.1 Å². The lowest BCUT2D eigenvalue weighted by Gasteiger charge is -2.21. The number of carbonyl (C=O) groups is 2. The van der Waals surface area contributed by atoms with Gasteiger partial charge in [0.15, 0.2) is 0 Å². The van der Waals surface area contributed by atoms with E-state index >= 15 is 0 Å². The highest BCUT2D eigenvalue weighted by Gasteiger charge is 2.26. The van der Waals surface area contributed by atoms with Gasteiger partial charge >= 0.3 is 0 Å². The number of hydrogen-bond donors (Lipinski definition) is 1. The number of nitrogens with one attached hydrogen (secondary N) is 1. The molecule has 0 spiro atoms. The van der Waals surface area contributed by atoms with Crippen LogP contribution in [0, 0.1) is 5.92 Å². The smallest absolute Gasteiger partial charge is 0.232 e. The summed E-state index contributed by atoms with van der Waals surface area (Å²) in [5.41, 5.74) is 3.74. The summed E-state index contributed by atoms with van der Waals surface area (Å²) in [7, 11) is 0. The molecule has 1 heterocycles. The van der Waals surface area contributed by atoms with Crippen LogP contribution in [0.25, 0.3) is 0 Å². The monoisotopic (exact) mass is 370 g/mol. The zero-order valence-corrected chi connectivity index (χ0v) is 16.0. The molecule has 0 fully saturated rings. The first-order chi connectivity index (χ1) is 12.4. The molecule has 0 saturated heterocycles. The summed E-state index contributed by atoms with van der Waals surface area (Å²) in [6.07, 6.45) is 0.809. The van der Waals surface area contributed by atoms with Crippen LogP contribution in [-0.4, -0.2) is 18.4 Å². The summed E-state index contributed by atoms with van der Waals surface area (Å²) >= 11 is 5.96. The number of amides is 2. The van der Waals surface area contributed by atoms with Crippen LogP contribution in [0.5, 0.6) is 0 Å². The van der Waals surface area contributed by atoms with Gasteiger partial charge in [0.2, 0.25) is 11.8 Å². The maximum Gasteiger partial charge on any atom is 0.232 e. The average Bonchev–Trinajstić information content (AvgIpc) is 3.00. The molecule has 2 amide bonds. The van der Waals surface area contributed by atoms with Crippen molar-refractivity contribution in [1.82, 2.24) is 0 Å². The Kier molecular flexibility index (Phi) is 5.33. The van der Waals surface area contributed by atoms with Gasteiger partial charge in [-0.3, -0.25) is 9.59 Å². The number of carbonyl (C=O) groups excluding carboxylic acids is 2. The van der Waals surface area contributed by atoms with E-state index in [1.54, 1.807) is 11.8 Å². The molecule has 1 atom stereocenters. The van der Waals surface area contributed by atoms with Crippen molar-refractivity contribution < 1.29 is 9.59 Å². The molecule has 26 heavy (non-hydrogen) atoms. The van der Waals surface area contributed by atoms with Crippen LogP contribution >= 0.6 is 11.6 Å². The Morgan fingerprint density at radius 2 is 1.81 bits per heavy atom. The fourth-order valence-corrected chi connectivity index (χ4v) is 3.66. The largest absolute Gasteiger partial charge is 0.326 e. The highest BCUT2D eigenvalue weighted by Crippen LogP contribution is 2.32. The Labute approximate surface area is 159 Å². The maximum absolute atomic E-state index is 12.9. The summed E-state index contributed by atoms with van der Waals surface area (Å²) in [5.74, 6) is -0.0973. The van der Waals surface area contributed by atoms with E-state index in [4.69, 9.17) is 11.6 Å². The molecular weight excluding hydrogens is 348 g/mol. The SMILES string of the molecule is CC(=O)N1CCc2cc(NC(=O)C(c3ccc(Cl)cc3)C(C)C)ccc21. The molecule has 1 aliphatic rings. The molecular formula is C21H23ClN2O2. The lowest BCUT2D eigenvalue weighted by atomic mass is 9.87. The van der Waals surface area contributed by atoms with E-state index in [2.05, 4.69) is 5.32 Å². The minimum absolute atomic E-state index is 0.0382. The van der Waals surface area contributed by atoms with E-state index in [0.29, 0.717) is 11.6 Å². The van der Waals surface area contributed by atoms with E-state index in [1.807, 2.05) is 56.3 Å². The lowest BCUT2D eigenvalue weighted by molar-refractivity contribution is -0.118. The van der Waals surface area contributed by atoms with Gasteiger partial charge < -0.3 is 10.2 Å². The molecule has 0 saturated carbocycles. The second-order valence-corrected chi connectivity index (χ2v) is 7.46. The third kappa shape index (κ3) is 3.75. The van der Waals surface area contributed by atoms with E-state index in [1.165, 1.54) is 0 Å². The average molecular weight is 371 g/mol. The minimum atomic E-state index is -0.255. The zero-order valence-electron chi connectivity index (χ0n) is 15.3. The highest BCUT2D eigenvalue weighted by molar-refractivity contribution is 6.30.